The molecule has 1 amide bonds. The molecule has 0 saturated carbocycles. The van der Waals surface area contributed by atoms with Crippen LogP contribution in [-0.2, 0) is 14.9 Å². The molecule has 78 valence electrons. The fourth-order valence-corrected chi connectivity index (χ4v) is 1.65. The van der Waals surface area contributed by atoms with Gasteiger partial charge in [-0.2, -0.15) is 8.42 Å². The Morgan fingerprint density at radius 1 is 1.54 bits per heavy atom. The van der Waals surface area contributed by atoms with Crippen molar-refractivity contribution in [3.05, 3.63) is 0 Å². The number of hydrogen-bond donors (Lipinski definition) is 2. The third-order valence-electron chi connectivity index (χ3n) is 1.35. The molecule has 0 aromatic heterocycles. The monoisotopic (exact) mass is 209 g/mol. The van der Waals surface area contributed by atoms with Crippen molar-refractivity contribution in [1.29, 1.82) is 0 Å². The van der Waals surface area contributed by atoms with E-state index in [-0.39, 0.29) is 5.91 Å². The van der Waals surface area contributed by atoms with Crippen LogP contribution in [0.25, 0.3) is 0 Å². The molecular formula is C7H15NO4S. The Balaban J connectivity index is 3.88. The molecule has 0 aromatic rings. The Kier molecular flexibility index (Phi) is 4.94. The fraction of sp³-hybridized carbons (Fsp3) is 0.857. The third-order valence-corrected chi connectivity index (χ3v) is 2.27. The van der Waals surface area contributed by atoms with Gasteiger partial charge in [0, 0.05) is 12.5 Å². The minimum atomic E-state index is -4.00. The van der Waals surface area contributed by atoms with Crippen molar-refractivity contribution in [2.75, 3.05) is 5.75 Å². The van der Waals surface area contributed by atoms with Crippen LogP contribution >= 0.6 is 0 Å². The quantitative estimate of drug-likeness (QED) is 0.633. The zero-order valence-electron chi connectivity index (χ0n) is 7.78. The van der Waals surface area contributed by atoms with E-state index in [0.717, 1.165) is 0 Å². The summed E-state index contributed by atoms with van der Waals surface area (Å²) in [6, 6.07) is -0.547. The molecule has 0 fully saturated rings. The average molecular weight is 209 g/mol. The molecule has 6 heteroatoms. The van der Waals surface area contributed by atoms with Crippen LogP contribution in [0.5, 0.6) is 0 Å². The van der Waals surface area contributed by atoms with E-state index in [1.165, 1.54) is 6.92 Å². The van der Waals surface area contributed by atoms with Crippen molar-refractivity contribution in [2.24, 2.45) is 0 Å². The highest BCUT2D eigenvalue weighted by atomic mass is 32.2. The van der Waals surface area contributed by atoms with Gasteiger partial charge in [0.15, 0.2) is 0 Å². The minimum Gasteiger partial charge on any atom is -0.353 e. The van der Waals surface area contributed by atoms with Gasteiger partial charge >= 0.3 is 0 Å². The first kappa shape index (κ1) is 12.4. The fourth-order valence-electron chi connectivity index (χ4n) is 0.932. The van der Waals surface area contributed by atoms with Gasteiger partial charge in [-0.05, 0) is 13.3 Å². The van der Waals surface area contributed by atoms with E-state index in [1.807, 2.05) is 6.92 Å². The first-order chi connectivity index (χ1) is 5.85. The van der Waals surface area contributed by atoms with E-state index in [4.69, 9.17) is 4.55 Å². The number of carbonyl (C=O) groups excluding carboxylic acids is 1. The Morgan fingerprint density at radius 2 is 2.08 bits per heavy atom. The SMILES string of the molecule is CCCC(=O)NC(C)CS(=O)(=O)O. The van der Waals surface area contributed by atoms with Gasteiger partial charge in [0.2, 0.25) is 5.91 Å². The first-order valence-corrected chi connectivity index (χ1v) is 5.70. The van der Waals surface area contributed by atoms with Gasteiger partial charge in [-0.1, -0.05) is 6.92 Å². The highest BCUT2D eigenvalue weighted by molar-refractivity contribution is 7.85. The Morgan fingerprint density at radius 3 is 2.46 bits per heavy atom. The lowest BCUT2D eigenvalue weighted by Gasteiger charge is -2.11. The summed E-state index contributed by atoms with van der Waals surface area (Å²) in [6.45, 7) is 3.38. The van der Waals surface area contributed by atoms with E-state index >= 15 is 0 Å². The van der Waals surface area contributed by atoms with Gasteiger partial charge in [-0.25, -0.2) is 0 Å². The summed E-state index contributed by atoms with van der Waals surface area (Å²) in [4.78, 5) is 11.0. The number of carbonyl (C=O) groups is 1. The molecule has 0 aliphatic heterocycles. The summed E-state index contributed by atoms with van der Waals surface area (Å²) in [5, 5.41) is 2.46. The molecule has 0 heterocycles. The van der Waals surface area contributed by atoms with Crippen molar-refractivity contribution in [1.82, 2.24) is 5.32 Å². The van der Waals surface area contributed by atoms with Crippen molar-refractivity contribution < 1.29 is 17.8 Å². The van der Waals surface area contributed by atoms with Gasteiger partial charge in [0.25, 0.3) is 10.1 Å². The summed E-state index contributed by atoms with van der Waals surface area (Å²) >= 11 is 0. The van der Waals surface area contributed by atoms with Crippen LogP contribution in [-0.4, -0.2) is 30.7 Å². The molecule has 5 nitrogen and oxygen atoms in total. The Labute approximate surface area is 78.3 Å². The molecule has 0 spiro atoms. The zero-order chi connectivity index (χ0) is 10.5. The van der Waals surface area contributed by atoms with Gasteiger partial charge in [0.1, 0.15) is 0 Å². The molecule has 0 aliphatic carbocycles. The van der Waals surface area contributed by atoms with Crippen molar-refractivity contribution in [3.63, 3.8) is 0 Å². The van der Waals surface area contributed by atoms with E-state index in [0.29, 0.717) is 12.8 Å². The van der Waals surface area contributed by atoms with E-state index in [2.05, 4.69) is 5.32 Å². The summed E-state index contributed by atoms with van der Waals surface area (Å²) < 4.78 is 29.2. The minimum absolute atomic E-state index is 0.196. The van der Waals surface area contributed by atoms with Crippen LogP contribution in [0.4, 0.5) is 0 Å². The van der Waals surface area contributed by atoms with Gasteiger partial charge in [0.05, 0.1) is 5.75 Å². The molecule has 0 bridgehead atoms. The molecule has 13 heavy (non-hydrogen) atoms. The lowest BCUT2D eigenvalue weighted by Crippen LogP contribution is -2.37. The van der Waals surface area contributed by atoms with Crippen LogP contribution in [0.1, 0.15) is 26.7 Å². The van der Waals surface area contributed by atoms with Gasteiger partial charge in [-0.3, -0.25) is 9.35 Å². The highest BCUT2D eigenvalue weighted by Gasteiger charge is 2.13. The van der Waals surface area contributed by atoms with Gasteiger partial charge in [-0.15, -0.1) is 0 Å². The normalized spacial score (nSPS) is 13.8. The molecule has 1 atom stereocenters. The number of amides is 1. The van der Waals surface area contributed by atoms with E-state index in [1.54, 1.807) is 0 Å². The second-order valence-corrected chi connectivity index (χ2v) is 4.46. The maximum Gasteiger partial charge on any atom is 0.266 e. The maximum absolute atomic E-state index is 11.0. The number of hydrogen-bond acceptors (Lipinski definition) is 3. The lowest BCUT2D eigenvalue weighted by atomic mass is 10.3. The van der Waals surface area contributed by atoms with Crippen LogP contribution in [0.15, 0.2) is 0 Å². The smallest absolute Gasteiger partial charge is 0.266 e. The third kappa shape index (κ3) is 7.73. The Hall–Kier alpha value is -0.620. The first-order valence-electron chi connectivity index (χ1n) is 4.09. The molecule has 1 unspecified atom stereocenters. The number of nitrogens with one attached hydrogen (secondary N) is 1. The summed E-state index contributed by atoms with van der Waals surface area (Å²) in [5.74, 6) is -0.638. The van der Waals surface area contributed by atoms with Crippen LogP contribution < -0.4 is 5.32 Å². The van der Waals surface area contributed by atoms with Crippen LogP contribution in [0.2, 0.25) is 0 Å². The summed E-state index contributed by atoms with van der Waals surface area (Å²) in [5.41, 5.74) is 0. The molecule has 0 aromatic carbocycles. The van der Waals surface area contributed by atoms with Crippen LogP contribution in [0, 0.1) is 0 Å². The van der Waals surface area contributed by atoms with Crippen molar-refractivity contribution in [3.8, 4) is 0 Å². The van der Waals surface area contributed by atoms with Gasteiger partial charge < -0.3 is 5.32 Å². The van der Waals surface area contributed by atoms with E-state index in [9.17, 15) is 13.2 Å². The second-order valence-electron chi connectivity index (χ2n) is 2.97. The molecule has 0 saturated heterocycles. The molecule has 0 aliphatic rings. The highest BCUT2D eigenvalue weighted by Crippen LogP contribution is 1.92. The van der Waals surface area contributed by atoms with Crippen molar-refractivity contribution in [2.45, 2.75) is 32.7 Å². The lowest BCUT2D eigenvalue weighted by molar-refractivity contribution is -0.121. The zero-order valence-corrected chi connectivity index (χ0v) is 8.60. The largest absolute Gasteiger partial charge is 0.353 e. The maximum atomic E-state index is 11.0. The predicted octanol–water partition coefficient (Wildman–Crippen LogP) is 0.179. The topological polar surface area (TPSA) is 83.5 Å². The molecule has 0 rings (SSSR count). The second kappa shape index (κ2) is 5.18. The molecular weight excluding hydrogens is 194 g/mol. The van der Waals surface area contributed by atoms with E-state index < -0.39 is 21.9 Å². The van der Waals surface area contributed by atoms with Crippen molar-refractivity contribution >= 4 is 16.0 Å². The average Bonchev–Trinajstić information content (AvgIpc) is 1.81. The molecule has 0 radical (unpaired) electrons. The van der Waals surface area contributed by atoms with Crippen LogP contribution in [0.3, 0.4) is 0 Å². The number of rotatable bonds is 5. The standard InChI is InChI=1S/C7H15NO4S/c1-3-4-7(9)8-6(2)5-13(10,11)12/h6H,3-5H2,1-2H3,(H,8,9)(H,10,11,12). The summed E-state index contributed by atoms with van der Waals surface area (Å²) in [6.07, 6.45) is 1.08. The predicted molar refractivity (Wildman–Crippen MR) is 48.9 cm³/mol. The summed E-state index contributed by atoms with van der Waals surface area (Å²) in [7, 11) is -4.00. The molecule has 2 N–H and O–H groups in total. The Bertz CT molecular complexity index is 260.